The average molecular weight is 403 g/mol. The molecule has 10 nitrogen and oxygen atoms in total. The summed E-state index contributed by atoms with van der Waals surface area (Å²) >= 11 is 0. The van der Waals surface area contributed by atoms with Gasteiger partial charge in [-0.05, 0) is 19.1 Å². The summed E-state index contributed by atoms with van der Waals surface area (Å²) in [5.74, 6) is -3.58. The van der Waals surface area contributed by atoms with Crippen LogP contribution in [0.1, 0.15) is 30.3 Å². The number of aryl methyl sites for hydroxylation is 1. The Balaban J connectivity index is 2.16. The predicted molar refractivity (Wildman–Crippen MR) is 101 cm³/mol. The number of hydrogen-bond acceptors (Lipinski definition) is 5. The lowest BCUT2D eigenvalue weighted by Crippen LogP contribution is -2.49. The molecule has 4 N–H and O–H groups in total. The van der Waals surface area contributed by atoms with Gasteiger partial charge in [0.2, 0.25) is 5.91 Å². The maximum Gasteiger partial charge on any atom is 0.305 e. The van der Waals surface area contributed by atoms with Crippen LogP contribution in [0.4, 0.5) is 0 Å². The zero-order chi connectivity index (χ0) is 21.6. The van der Waals surface area contributed by atoms with Crippen LogP contribution in [-0.2, 0) is 25.7 Å². The molecule has 1 aromatic carbocycles. The summed E-state index contributed by atoms with van der Waals surface area (Å²) in [5.41, 5.74) is 0.864. The number of fused-ring (bicyclic) bond motifs is 1. The standard InChI is InChI=1S/C19H21N3O7/c1-11(18(28)21-13(10-23)9-17(26)27)20-19(29)15-8-12-4-2-3-5-14(12)22(15)7-6-16(24)25/h2-5,8,10-11,13H,6-7,9H2,1H3,(H,20,29)(H,21,28)(H,24,25)(H,26,27)/t11-,13-/m0/s1. The Hall–Kier alpha value is -3.69. The van der Waals surface area contributed by atoms with Gasteiger partial charge in [-0.3, -0.25) is 19.2 Å². The fourth-order valence-electron chi connectivity index (χ4n) is 2.81. The van der Waals surface area contributed by atoms with E-state index in [2.05, 4.69) is 10.6 Å². The Morgan fingerprint density at radius 3 is 2.41 bits per heavy atom. The van der Waals surface area contributed by atoms with Crippen LogP contribution < -0.4 is 10.6 Å². The fourth-order valence-corrected chi connectivity index (χ4v) is 2.81. The third-order valence-electron chi connectivity index (χ3n) is 4.22. The van der Waals surface area contributed by atoms with E-state index in [0.717, 1.165) is 5.39 Å². The minimum atomic E-state index is -1.25. The molecule has 154 valence electrons. The van der Waals surface area contributed by atoms with Crippen molar-refractivity contribution < 1.29 is 34.2 Å². The zero-order valence-electron chi connectivity index (χ0n) is 15.6. The van der Waals surface area contributed by atoms with Crippen LogP contribution >= 0.6 is 0 Å². The molecule has 0 bridgehead atoms. The molecule has 0 aliphatic carbocycles. The Morgan fingerprint density at radius 1 is 1.10 bits per heavy atom. The van der Waals surface area contributed by atoms with E-state index < -0.39 is 42.3 Å². The average Bonchev–Trinajstić information content (AvgIpc) is 3.04. The lowest BCUT2D eigenvalue weighted by atomic mass is 10.2. The first kappa shape index (κ1) is 21.6. The van der Waals surface area contributed by atoms with Crippen molar-refractivity contribution >= 4 is 40.9 Å². The summed E-state index contributed by atoms with van der Waals surface area (Å²) in [6.07, 6.45) is -0.450. The number of benzene rings is 1. The highest BCUT2D eigenvalue weighted by Gasteiger charge is 2.23. The number of carbonyl (C=O) groups is 5. The van der Waals surface area contributed by atoms with Gasteiger partial charge in [0.1, 0.15) is 18.0 Å². The molecule has 0 fully saturated rings. The van der Waals surface area contributed by atoms with Gasteiger partial charge in [-0.2, -0.15) is 0 Å². The van der Waals surface area contributed by atoms with Gasteiger partial charge < -0.3 is 30.2 Å². The zero-order valence-corrected chi connectivity index (χ0v) is 15.6. The topological polar surface area (TPSA) is 155 Å². The molecule has 1 aromatic heterocycles. The molecule has 2 aromatic rings. The summed E-state index contributed by atoms with van der Waals surface area (Å²) < 4.78 is 1.56. The van der Waals surface area contributed by atoms with E-state index in [1.54, 1.807) is 34.9 Å². The summed E-state index contributed by atoms with van der Waals surface area (Å²) in [7, 11) is 0. The highest BCUT2D eigenvalue weighted by atomic mass is 16.4. The molecule has 0 spiro atoms. The Labute approximate surface area is 165 Å². The molecular weight excluding hydrogens is 382 g/mol. The highest BCUT2D eigenvalue weighted by molar-refractivity contribution is 6.01. The van der Waals surface area contributed by atoms with Gasteiger partial charge in [-0.25, -0.2) is 0 Å². The lowest BCUT2D eigenvalue weighted by Gasteiger charge is -2.17. The molecule has 0 radical (unpaired) electrons. The van der Waals surface area contributed by atoms with Crippen molar-refractivity contribution in [3.63, 3.8) is 0 Å². The Morgan fingerprint density at radius 2 is 1.79 bits per heavy atom. The van der Waals surface area contributed by atoms with Crippen LogP contribution in [0, 0.1) is 0 Å². The predicted octanol–water partition coefficient (Wildman–Crippen LogP) is 0.393. The van der Waals surface area contributed by atoms with Crippen LogP contribution in [0.25, 0.3) is 10.9 Å². The third kappa shape index (κ3) is 5.64. The van der Waals surface area contributed by atoms with E-state index in [1.807, 2.05) is 0 Å². The van der Waals surface area contributed by atoms with Crippen molar-refractivity contribution in [2.75, 3.05) is 0 Å². The summed E-state index contributed by atoms with van der Waals surface area (Å²) in [6, 6.07) is 6.41. The van der Waals surface area contributed by atoms with Crippen molar-refractivity contribution in [1.29, 1.82) is 0 Å². The van der Waals surface area contributed by atoms with E-state index in [1.165, 1.54) is 6.92 Å². The van der Waals surface area contributed by atoms with Crippen LogP contribution in [-0.4, -0.2) is 56.9 Å². The number of para-hydroxylation sites is 1. The number of carboxylic acid groups (broad SMARTS) is 2. The molecule has 2 atom stereocenters. The first-order chi connectivity index (χ1) is 13.7. The number of nitrogens with zero attached hydrogens (tertiary/aromatic N) is 1. The number of aromatic nitrogens is 1. The minimum absolute atomic E-state index is 0.0675. The van der Waals surface area contributed by atoms with Crippen molar-refractivity contribution in [3.8, 4) is 0 Å². The van der Waals surface area contributed by atoms with E-state index in [4.69, 9.17) is 10.2 Å². The van der Waals surface area contributed by atoms with Crippen molar-refractivity contribution in [2.24, 2.45) is 0 Å². The number of carboxylic acids is 2. The second-order valence-corrected chi connectivity index (χ2v) is 6.43. The number of hydrogen-bond donors (Lipinski definition) is 4. The van der Waals surface area contributed by atoms with Crippen molar-refractivity contribution in [2.45, 2.75) is 38.4 Å². The van der Waals surface area contributed by atoms with Crippen molar-refractivity contribution in [1.82, 2.24) is 15.2 Å². The molecule has 10 heteroatoms. The number of aliphatic carboxylic acids is 2. The summed E-state index contributed by atoms with van der Waals surface area (Å²) in [4.78, 5) is 57.4. The number of nitrogens with one attached hydrogen (secondary N) is 2. The van der Waals surface area contributed by atoms with E-state index in [-0.39, 0.29) is 18.7 Å². The van der Waals surface area contributed by atoms with E-state index in [9.17, 15) is 24.0 Å². The van der Waals surface area contributed by atoms with Crippen LogP contribution in [0.2, 0.25) is 0 Å². The van der Waals surface area contributed by atoms with Gasteiger partial charge in [0.15, 0.2) is 0 Å². The maximum absolute atomic E-state index is 12.7. The van der Waals surface area contributed by atoms with Gasteiger partial charge in [0.05, 0.1) is 18.9 Å². The van der Waals surface area contributed by atoms with Crippen LogP contribution in [0.3, 0.4) is 0 Å². The summed E-state index contributed by atoms with van der Waals surface area (Å²) in [5, 5.41) is 23.2. The van der Waals surface area contributed by atoms with Gasteiger partial charge in [0, 0.05) is 17.4 Å². The molecule has 2 amide bonds. The monoisotopic (exact) mass is 403 g/mol. The van der Waals surface area contributed by atoms with Crippen LogP contribution in [0.5, 0.6) is 0 Å². The first-order valence-electron chi connectivity index (χ1n) is 8.81. The molecule has 0 unspecified atom stereocenters. The van der Waals surface area contributed by atoms with E-state index in [0.29, 0.717) is 11.8 Å². The van der Waals surface area contributed by atoms with Gasteiger partial charge in [0.25, 0.3) is 5.91 Å². The maximum atomic E-state index is 12.7. The SMILES string of the molecule is C[C@H](NC(=O)c1cc2ccccc2n1CCC(=O)O)C(=O)N[C@H](C=O)CC(=O)O. The molecule has 29 heavy (non-hydrogen) atoms. The van der Waals surface area contributed by atoms with Gasteiger partial charge in [-0.15, -0.1) is 0 Å². The Bertz CT molecular complexity index is 950. The molecule has 0 aliphatic rings. The summed E-state index contributed by atoms with van der Waals surface area (Å²) in [6.45, 7) is 1.46. The molecule has 0 aliphatic heterocycles. The molecule has 0 saturated heterocycles. The largest absolute Gasteiger partial charge is 0.481 e. The fraction of sp³-hybridized carbons (Fsp3) is 0.316. The quantitative estimate of drug-likeness (QED) is 0.418. The second kappa shape index (κ2) is 9.49. The normalized spacial score (nSPS) is 12.7. The first-order valence-corrected chi connectivity index (χ1v) is 8.81. The Kier molecular flexibility index (Phi) is 7.07. The number of aldehydes is 1. The number of carbonyl (C=O) groups excluding carboxylic acids is 3. The number of amides is 2. The van der Waals surface area contributed by atoms with Crippen molar-refractivity contribution in [3.05, 3.63) is 36.0 Å². The molecule has 2 rings (SSSR count). The minimum Gasteiger partial charge on any atom is -0.481 e. The molecule has 1 heterocycles. The van der Waals surface area contributed by atoms with Gasteiger partial charge in [-0.1, -0.05) is 18.2 Å². The third-order valence-corrected chi connectivity index (χ3v) is 4.22. The molecule has 0 saturated carbocycles. The molecular formula is C19H21N3O7. The van der Waals surface area contributed by atoms with Crippen LogP contribution in [0.15, 0.2) is 30.3 Å². The van der Waals surface area contributed by atoms with E-state index >= 15 is 0 Å². The second-order valence-electron chi connectivity index (χ2n) is 6.43. The smallest absolute Gasteiger partial charge is 0.305 e. The highest BCUT2D eigenvalue weighted by Crippen LogP contribution is 2.20. The van der Waals surface area contributed by atoms with Gasteiger partial charge >= 0.3 is 11.9 Å². The number of rotatable bonds is 10. The lowest BCUT2D eigenvalue weighted by molar-refractivity contribution is -0.139.